The van der Waals surface area contributed by atoms with E-state index in [9.17, 15) is 4.79 Å². The zero-order valence-corrected chi connectivity index (χ0v) is 9.07. The molecule has 0 atom stereocenters. The summed E-state index contributed by atoms with van der Waals surface area (Å²) in [5.41, 5.74) is 2.13. The molecule has 1 nitrogen and oxygen atoms in total. The summed E-state index contributed by atoms with van der Waals surface area (Å²) in [5.74, 6) is 0.760. The van der Waals surface area contributed by atoms with Crippen LogP contribution in [-0.4, -0.2) is 5.78 Å². The standard InChI is InChI=1S/C14H16O/c1-2-6-14(15)13-10-4-3-9-12(13)11-7-5-8-11/h2-4,6,9-11H,5,7-8H2,1H3/b6-2+. The lowest BCUT2D eigenvalue weighted by Crippen LogP contribution is -2.13. The van der Waals surface area contributed by atoms with Crippen LogP contribution < -0.4 is 0 Å². The normalized spacial score (nSPS) is 16.6. The van der Waals surface area contributed by atoms with Gasteiger partial charge in [-0.1, -0.05) is 36.8 Å². The summed E-state index contributed by atoms with van der Waals surface area (Å²) < 4.78 is 0. The van der Waals surface area contributed by atoms with Crippen LogP contribution in [0.25, 0.3) is 0 Å². The maximum absolute atomic E-state index is 11.8. The SMILES string of the molecule is C/C=C/C(=O)c1ccccc1C1CCC1. The topological polar surface area (TPSA) is 17.1 Å². The molecule has 0 N–H and O–H groups in total. The Hall–Kier alpha value is -1.37. The predicted molar refractivity (Wildman–Crippen MR) is 62.2 cm³/mol. The molecule has 1 aliphatic rings. The maximum atomic E-state index is 11.8. The Kier molecular flexibility index (Phi) is 3.00. The molecular formula is C14H16O. The van der Waals surface area contributed by atoms with Gasteiger partial charge in [-0.15, -0.1) is 0 Å². The minimum absolute atomic E-state index is 0.139. The number of ketones is 1. The van der Waals surface area contributed by atoms with Crippen molar-refractivity contribution in [3.63, 3.8) is 0 Å². The second-order valence-electron chi connectivity index (χ2n) is 4.08. The monoisotopic (exact) mass is 200 g/mol. The van der Waals surface area contributed by atoms with E-state index in [4.69, 9.17) is 0 Å². The van der Waals surface area contributed by atoms with Crippen molar-refractivity contribution in [2.45, 2.75) is 32.1 Å². The van der Waals surface area contributed by atoms with Crippen molar-refractivity contribution >= 4 is 5.78 Å². The highest BCUT2D eigenvalue weighted by atomic mass is 16.1. The Balaban J connectivity index is 2.32. The molecule has 0 unspecified atom stereocenters. The van der Waals surface area contributed by atoms with E-state index in [0.717, 1.165) is 5.56 Å². The van der Waals surface area contributed by atoms with Crippen LogP contribution in [0.2, 0.25) is 0 Å². The van der Waals surface area contributed by atoms with Crippen molar-refractivity contribution in [3.8, 4) is 0 Å². The first-order chi connectivity index (χ1) is 7.33. The van der Waals surface area contributed by atoms with Crippen molar-refractivity contribution in [3.05, 3.63) is 47.5 Å². The molecule has 1 aromatic carbocycles. The number of allylic oxidation sites excluding steroid dienone is 2. The lowest BCUT2D eigenvalue weighted by Gasteiger charge is -2.27. The lowest BCUT2D eigenvalue weighted by molar-refractivity contribution is 0.104. The third kappa shape index (κ3) is 2.01. The molecule has 15 heavy (non-hydrogen) atoms. The maximum Gasteiger partial charge on any atom is 0.185 e. The number of hydrogen-bond donors (Lipinski definition) is 0. The number of rotatable bonds is 3. The largest absolute Gasteiger partial charge is 0.289 e. The van der Waals surface area contributed by atoms with Gasteiger partial charge in [-0.2, -0.15) is 0 Å². The van der Waals surface area contributed by atoms with Gasteiger partial charge in [0.2, 0.25) is 0 Å². The van der Waals surface area contributed by atoms with Gasteiger partial charge in [0.05, 0.1) is 0 Å². The van der Waals surface area contributed by atoms with Crippen LogP contribution in [0, 0.1) is 0 Å². The van der Waals surface area contributed by atoms with E-state index < -0.39 is 0 Å². The van der Waals surface area contributed by atoms with E-state index in [1.54, 1.807) is 12.2 Å². The Morgan fingerprint density at radius 1 is 1.33 bits per heavy atom. The Labute approximate surface area is 90.8 Å². The molecule has 2 rings (SSSR count). The molecule has 0 heterocycles. The van der Waals surface area contributed by atoms with Crippen molar-refractivity contribution in [2.24, 2.45) is 0 Å². The Morgan fingerprint density at radius 2 is 2.07 bits per heavy atom. The van der Waals surface area contributed by atoms with E-state index in [-0.39, 0.29) is 5.78 Å². The van der Waals surface area contributed by atoms with Crippen LogP contribution in [0.5, 0.6) is 0 Å². The molecule has 1 saturated carbocycles. The highest BCUT2D eigenvalue weighted by Gasteiger charge is 2.23. The molecule has 0 bridgehead atoms. The molecule has 0 radical (unpaired) electrons. The summed E-state index contributed by atoms with van der Waals surface area (Å²) in [6.45, 7) is 1.88. The first kappa shape index (κ1) is 10.2. The first-order valence-electron chi connectivity index (χ1n) is 5.59. The van der Waals surface area contributed by atoms with Crippen LogP contribution in [0.1, 0.15) is 48.0 Å². The summed E-state index contributed by atoms with van der Waals surface area (Å²) in [7, 11) is 0. The summed E-state index contributed by atoms with van der Waals surface area (Å²) in [6, 6.07) is 8.01. The smallest absolute Gasteiger partial charge is 0.185 e. The first-order valence-corrected chi connectivity index (χ1v) is 5.59. The molecule has 0 saturated heterocycles. The summed E-state index contributed by atoms with van der Waals surface area (Å²) in [4.78, 5) is 11.8. The Morgan fingerprint density at radius 3 is 2.67 bits per heavy atom. The third-order valence-corrected chi connectivity index (χ3v) is 3.09. The minimum Gasteiger partial charge on any atom is -0.289 e. The second kappa shape index (κ2) is 4.43. The van der Waals surface area contributed by atoms with E-state index >= 15 is 0 Å². The summed E-state index contributed by atoms with van der Waals surface area (Å²) in [5, 5.41) is 0. The average Bonchev–Trinajstić information content (AvgIpc) is 2.16. The van der Waals surface area contributed by atoms with Crippen LogP contribution in [0.4, 0.5) is 0 Å². The van der Waals surface area contributed by atoms with Gasteiger partial charge in [0.25, 0.3) is 0 Å². The molecule has 1 heteroatoms. The van der Waals surface area contributed by atoms with Crippen LogP contribution in [-0.2, 0) is 0 Å². The van der Waals surface area contributed by atoms with E-state index in [1.807, 2.05) is 25.1 Å². The van der Waals surface area contributed by atoms with Gasteiger partial charge < -0.3 is 0 Å². The zero-order valence-electron chi connectivity index (χ0n) is 9.07. The average molecular weight is 200 g/mol. The van der Waals surface area contributed by atoms with Crippen molar-refractivity contribution in [1.29, 1.82) is 0 Å². The van der Waals surface area contributed by atoms with Crippen molar-refractivity contribution < 1.29 is 4.79 Å². The fraction of sp³-hybridized carbons (Fsp3) is 0.357. The molecule has 0 spiro atoms. The Bertz CT molecular complexity index is 386. The minimum atomic E-state index is 0.139. The molecule has 1 aliphatic carbocycles. The van der Waals surface area contributed by atoms with Crippen LogP contribution in [0.3, 0.4) is 0 Å². The van der Waals surface area contributed by atoms with Gasteiger partial charge in [-0.25, -0.2) is 0 Å². The van der Waals surface area contributed by atoms with Crippen LogP contribution in [0.15, 0.2) is 36.4 Å². The zero-order chi connectivity index (χ0) is 10.7. The van der Waals surface area contributed by atoms with Crippen LogP contribution >= 0.6 is 0 Å². The molecule has 1 fully saturated rings. The van der Waals surface area contributed by atoms with Gasteiger partial charge in [0, 0.05) is 5.56 Å². The summed E-state index contributed by atoms with van der Waals surface area (Å²) in [6.07, 6.45) is 7.23. The number of carbonyl (C=O) groups excluding carboxylic acids is 1. The number of carbonyl (C=O) groups is 1. The molecule has 0 aromatic heterocycles. The van der Waals surface area contributed by atoms with Gasteiger partial charge in [0.1, 0.15) is 0 Å². The van der Waals surface area contributed by atoms with E-state index in [1.165, 1.54) is 24.8 Å². The molecule has 1 aromatic rings. The van der Waals surface area contributed by atoms with E-state index in [2.05, 4.69) is 6.07 Å². The van der Waals surface area contributed by atoms with Crippen molar-refractivity contribution in [2.75, 3.05) is 0 Å². The predicted octanol–water partition coefficient (Wildman–Crippen LogP) is 3.71. The lowest BCUT2D eigenvalue weighted by atomic mass is 9.77. The second-order valence-corrected chi connectivity index (χ2v) is 4.08. The summed E-state index contributed by atoms with van der Waals surface area (Å²) >= 11 is 0. The van der Waals surface area contributed by atoms with Gasteiger partial charge in [0.15, 0.2) is 5.78 Å². The highest BCUT2D eigenvalue weighted by molar-refractivity contribution is 6.05. The third-order valence-electron chi connectivity index (χ3n) is 3.09. The molecule has 0 amide bonds. The van der Waals surface area contributed by atoms with E-state index in [0.29, 0.717) is 5.92 Å². The van der Waals surface area contributed by atoms with Gasteiger partial charge in [-0.3, -0.25) is 4.79 Å². The fourth-order valence-electron chi connectivity index (χ4n) is 2.04. The molecular weight excluding hydrogens is 184 g/mol. The number of hydrogen-bond acceptors (Lipinski definition) is 1. The fourth-order valence-corrected chi connectivity index (χ4v) is 2.04. The highest BCUT2D eigenvalue weighted by Crippen LogP contribution is 2.38. The van der Waals surface area contributed by atoms with Gasteiger partial charge >= 0.3 is 0 Å². The quantitative estimate of drug-likeness (QED) is 0.537. The van der Waals surface area contributed by atoms with Crippen molar-refractivity contribution in [1.82, 2.24) is 0 Å². The molecule has 0 aliphatic heterocycles. The molecule has 78 valence electrons. The number of benzene rings is 1. The van der Waals surface area contributed by atoms with Gasteiger partial charge in [-0.05, 0) is 37.3 Å².